The molecule has 1 atom stereocenters. The average molecular weight is 370 g/mol. The first kappa shape index (κ1) is 12.6. The molecule has 6 heteroatoms. The monoisotopic (exact) mass is 370 g/mol. The zero-order valence-corrected chi connectivity index (χ0v) is 12.1. The Labute approximate surface area is 122 Å². The fourth-order valence-corrected chi connectivity index (χ4v) is 3.25. The van der Waals surface area contributed by atoms with Crippen molar-refractivity contribution in [3.05, 3.63) is 29.6 Å². The van der Waals surface area contributed by atoms with Gasteiger partial charge in [-0.05, 0) is 18.6 Å². The molecule has 0 bridgehead atoms. The van der Waals surface area contributed by atoms with E-state index in [-0.39, 0.29) is 5.78 Å². The molecule has 3 rings (SSSR count). The maximum atomic E-state index is 12.2. The van der Waals surface area contributed by atoms with Gasteiger partial charge in [-0.25, -0.2) is 4.98 Å². The lowest BCUT2D eigenvalue weighted by Crippen LogP contribution is -2.19. The molecule has 1 N–H and O–H groups in total. The van der Waals surface area contributed by atoms with Crippen LogP contribution in [0.5, 0.6) is 0 Å². The summed E-state index contributed by atoms with van der Waals surface area (Å²) in [6.45, 7) is 0.720. The summed E-state index contributed by atoms with van der Waals surface area (Å²) in [7, 11) is 0. The highest BCUT2D eigenvalue weighted by molar-refractivity contribution is 14.1. The van der Waals surface area contributed by atoms with E-state index >= 15 is 0 Å². The fourth-order valence-electron chi connectivity index (χ4n) is 2.62. The number of rotatable bonds is 2. The van der Waals surface area contributed by atoms with E-state index in [4.69, 9.17) is 0 Å². The van der Waals surface area contributed by atoms with Crippen molar-refractivity contribution in [3.8, 4) is 0 Å². The number of hydrogen-bond donors (Lipinski definition) is 1. The van der Waals surface area contributed by atoms with Crippen LogP contribution >= 0.6 is 22.6 Å². The van der Waals surface area contributed by atoms with E-state index in [2.05, 4.69) is 4.98 Å². The molecule has 0 aliphatic carbocycles. The number of ketones is 1. The second-order valence-corrected chi connectivity index (χ2v) is 5.76. The second kappa shape index (κ2) is 4.59. The lowest BCUT2D eigenvalue weighted by molar-refractivity contribution is -0.136. The SMILES string of the molecule is O=C1CCCn2c1c(C(I)C(=O)O)c1cccnc12. The van der Waals surface area contributed by atoms with Crippen molar-refractivity contribution in [3.63, 3.8) is 0 Å². The molecule has 0 saturated carbocycles. The number of aliphatic carboxylic acids is 1. The van der Waals surface area contributed by atoms with Crippen LogP contribution in [-0.4, -0.2) is 26.4 Å². The lowest BCUT2D eigenvalue weighted by atomic mass is 10.0. The molecule has 1 aliphatic rings. The lowest BCUT2D eigenvalue weighted by Gasteiger charge is -2.16. The van der Waals surface area contributed by atoms with Gasteiger partial charge in [0.25, 0.3) is 0 Å². The summed E-state index contributed by atoms with van der Waals surface area (Å²) >= 11 is 1.87. The highest BCUT2D eigenvalue weighted by Crippen LogP contribution is 2.37. The standard InChI is InChI=1S/C13H11IN2O3/c14-10(13(18)19)9-7-3-1-5-15-12(7)16-6-2-4-8(17)11(9)16/h1,3,5,10H,2,4,6H2,(H,18,19). The number of carboxylic acids is 1. The number of carboxylic acid groups (broad SMARTS) is 1. The van der Waals surface area contributed by atoms with Crippen molar-refractivity contribution in [2.24, 2.45) is 0 Å². The van der Waals surface area contributed by atoms with Crippen LogP contribution < -0.4 is 0 Å². The summed E-state index contributed by atoms with van der Waals surface area (Å²) in [4.78, 5) is 27.7. The van der Waals surface area contributed by atoms with Crippen molar-refractivity contribution in [2.45, 2.75) is 23.3 Å². The van der Waals surface area contributed by atoms with Gasteiger partial charge in [0.15, 0.2) is 5.78 Å². The molecule has 1 aliphatic heterocycles. The highest BCUT2D eigenvalue weighted by atomic mass is 127. The summed E-state index contributed by atoms with van der Waals surface area (Å²) in [5.74, 6) is -0.916. The van der Waals surface area contributed by atoms with Crippen molar-refractivity contribution >= 4 is 45.4 Å². The number of halogens is 1. The minimum atomic E-state index is -0.932. The third kappa shape index (κ3) is 1.85. The van der Waals surface area contributed by atoms with Crippen LogP contribution in [0.1, 0.15) is 32.8 Å². The Morgan fingerprint density at radius 2 is 2.32 bits per heavy atom. The van der Waals surface area contributed by atoms with Crippen LogP contribution in [0.25, 0.3) is 11.0 Å². The number of hydrogen-bond acceptors (Lipinski definition) is 3. The van der Waals surface area contributed by atoms with E-state index in [0.717, 1.165) is 18.4 Å². The van der Waals surface area contributed by atoms with Crippen molar-refractivity contribution in [1.82, 2.24) is 9.55 Å². The molecule has 2 aromatic rings. The molecule has 0 saturated heterocycles. The predicted octanol–water partition coefficient (Wildman–Crippen LogP) is 2.57. The number of nitrogens with zero attached hydrogens (tertiary/aromatic N) is 2. The maximum Gasteiger partial charge on any atom is 0.321 e. The van der Waals surface area contributed by atoms with Gasteiger partial charge in [-0.15, -0.1) is 0 Å². The third-order valence-electron chi connectivity index (χ3n) is 3.38. The Balaban J connectivity index is 2.38. The summed E-state index contributed by atoms with van der Waals surface area (Å²) in [6, 6.07) is 3.61. The highest BCUT2D eigenvalue weighted by Gasteiger charge is 2.32. The van der Waals surface area contributed by atoms with E-state index < -0.39 is 9.89 Å². The van der Waals surface area contributed by atoms with Crippen LogP contribution in [0, 0.1) is 0 Å². The summed E-state index contributed by atoms with van der Waals surface area (Å²) < 4.78 is 1.13. The first-order valence-corrected chi connectivity index (χ1v) is 7.23. The molecule has 1 unspecified atom stereocenters. The average Bonchev–Trinajstić information content (AvgIpc) is 2.74. The molecule has 5 nitrogen and oxygen atoms in total. The Hall–Kier alpha value is -1.44. The quantitative estimate of drug-likeness (QED) is 0.652. The number of aryl methyl sites for hydroxylation is 1. The van der Waals surface area contributed by atoms with Crippen molar-refractivity contribution in [1.29, 1.82) is 0 Å². The number of Topliss-reactive ketones (excluding diaryl/α,β-unsaturated/α-hetero) is 1. The zero-order chi connectivity index (χ0) is 13.6. The number of fused-ring (bicyclic) bond motifs is 3. The summed E-state index contributed by atoms with van der Waals surface area (Å²) in [5.41, 5.74) is 1.84. The number of pyridine rings is 1. The van der Waals surface area contributed by atoms with E-state index in [1.54, 1.807) is 12.3 Å². The van der Waals surface area contributed by atoms with Crippen LogP contribution in [0.2, 0.25) is 0 Å². The molecule has 2 aromatic heterocycles. The number of alkyl halides is 1. The van der Waals surface area contributed by atoms with Gasteiger partial charge >= 0.3 is 5.97 Å². The molecule has 0 fully saturated rings. The van der Waals surface area contributed by atoms with Gasteiger partial charge in [0.1, 0.15) is 9.57 Å². The molecule has 0 amide bonds. The van der Waals surface area contributed by atoms with E-state index in [9.17, 15) is 14.7 Å². The second-order valence-electron chi connectivity index (χ2n) is 4.52. The van der Waals surface area contributed by atoms with E-state index in [0.29, 0.717) is 23.3 Å². The third-order valence-corrected chi connectivity index (χ3v) is 4.53. The van der Waals surface area contributed by atoms with Gasteiger partial charge in [-0.3, -0.25) is 9.59 Å². The first-order valence-electron chi connectivity index (χ1n) is 5.98. The molecule has 0 radical (unpaired) electrons. The molecule has 0 aromatic carbocycles. The van der Waals surface area contributed by atoms with Crippen LogP contribution in [-0.2, 0) is 11.3 Å². The molecular formula is C13H11IN2O3. The molecule has 3 heterocycles. The molecule has 98 valence electrons. The molecular weight excluding hydrogens is 359 g/mol. The summed E-state index contributed by atoms with van der Waals surface area (Å²) in [6.07, 6.45) is 2.93. The minimum Gasteiger partial charge on any atom is -0.480 e. The van der Waals surface area contributed by atoms with Gasteiger partial charge in [0, 0.05) is 30.1 Å². The van der Waals surface area contributed by atoms with Crippen molar-refractivity contribution < 1.29 is 14.7 Å². The van der Waals surface area contributed by atoms with E-state index in [1.165, 1.54) is 0 Å². The predicted molar refractivity (Wildman–Crippen MR) is 77.7 cm³/mol. The zero-order valence-electron chi connectivity index (χ0n) is 9.97. The fraction of sp³-hybridized carbons (Fsp3) is 0.308. The van der Waals surface area contributed by atoms with Crippen molar-refractivity contribution in [2.75, 3.05) is 0 Å². The smallest absolute Gasteiger partial charge is 0.321 e. The Bertz CT molecular complexity index is 692. The first-order chi connectivity index (χ1) is 9.11. The topological polar surface area (TPSA) is 72.2 Å². The minimum absolute atomic E-state index is 0.0159. The van der Waals surface area contributed by atoms with Gasteiger partial charge in [-0.2, -0.15) is 0 Å². The Morgan fingerprint density at radius 3 is 3.05 bits per heavy atom. The normalized spacial score (nSPS) is 16.4. The molecule has 0 spiro atoms. The Morgan fingerprint density at radius 1 is 1.53 bits per heavy atom. The molecule has 19 heavy (non-hydrogen) atoms. The van der Waals surface area contributed by atoms with Gasteiger partial charge in [0.05, 0.1) is 5.69 Å². The summed E-state index contributed by atoms with van der Waals surface area (Å²) in [5, 5.41) is 10.0. The van der Waals surface area contributed by atoms with Gasteiger partial charge < -0.3 is 9.67 Å². The number of carbonyl (C=O) groups excluding carboxylic acids is 1. The number of aromatic nitrogens is 2. The van der Waals surface area contributed by atoms with Gasteiger partial charge in [-0.1, -0.05) is 22.6 Å². The van der Waals surface area contributed by atoms with Crippen LogP contribution in [0.3, 0.4) is 0 Å². The van der Waals surface area contributed by atoms with E-state index in [1.807, 2.05) is 33.2 Å². The van der Waals surface area contributed by atoms with Crippen LogP contribution in [0.15, 0.2) is 18.3 Å². The maximum absolute atomic E-state index is 12.2. The Kier molecular flexibility index (Phi) is 3.04. The van der Waals surface area contributed by atoms with Crippen LogP contribution in [0.4, 0.5) is 0 Å². The van der Waals surface area contributed by atoms with Gasteiger partial charge in [0.2, 0.25) is 0 Å². The number of carbonyl (C=O) groups is 2. The largest absolute Gasteiger partial charge is 0.480 e.